The lowest BCUT2D eigenvalue weighted by atomic mass is 10.0. The third-order valence-electron chi connectivity index (χ3n) is 19.5. The number of hydrogen-bond donors (Lipinski definition) is 1. The summed E-state index contributed by atoms with van der Waals surface area (Å²) in [5, 5.41) is 0. The highest BCUT2D eigenvalue weighted by atomic mass is 31.2. The van der Waals surface area contributed by atoms with E-state index >= 15 is 0 Å². The van der Waals surface area contributed by atoms with E-state index in [2.05, 4.69) is 135 Å². The number of nitrogens with zero attached hydrogens (tertiary/aromatic N) is 1. The monoisotopic (exact) mass is 1470 g/mol. The Labute approximate surface area is 645 Å². The Kier molecular flexibility index (Phi) is 80.6. The largest absolute Gasteiger partial charge is 0.472 e. The van der Waals surface area contributed by atoms with Gasteiger partial charge in [0.25, 0.3) is 0 Å². The second-order valence-electron chi connectivity index (χ2n) is 30.9. The Morgan fingerprint density at radius 3 is 0.769 bits per heavy atom. The van der Waals surface area contributed by atoms with Crippen molar-refractivity contribution in [2.45, 2.75) is 418 Å². The summed E-state index contributed by atoms with van der Waals surface area (Å²) in [4.78, 5) is 36.1. The molecule has 0 amide bonds. The van der Waals surface area contributed by atoms with E-state index in [1.165, 1.54) is 283 Å². The van der Waals surface area contributed by atoms with Crippen molar-refractivity contribution in [1.82, 2.24) is 0 Å². The molecule has 0 heterocycles. The Morgan fingerprint density at radius 2 is 0.519 bits per heavy atom. The maximum absolute atomic E-state index is 12.9. The third kappa shape index (κ3) is 87.3. The van der Waals surface area contributed by atoms with Crippen molar-refractivity contribution in [3.05, 3.63) is 122 Å². The Morgan fingerprint density at radius 1 is 0.298 bits per heavy atom. The zero-order valence-electron chi connectivity index (χ0n) is 69.0. The average Bonchev–Trinajstić information content (AvgIpc) is 0.915. The van der Waals surface area contributed by atoms with Crippen LogP contribution in [0.15, 0.2) is 122 Å². The van der Waals surface area contributed by atoms with Gasteiger partial charge in [0.2, 0.25) is 0 Å². The Bertz CT molecular complexity index is 2180. The van der Waals surface area contributed by atoms with E-state index in [-0.39, 0.29) is 25.6 Å². The van der Waals surface area contributed by atoms with Crippen LogP contribution < -0.4 is 0 Å². The summed E-state index contributed by atoms with van der Waals surface area (Å²) in [7, 11) is 1.49. The van der Waals surface area contributed by atoms with Gasteiger partial charge in [-0.2, -0.15) is 0 Å². The van der Waals surface area contributed by atoms with E-state index in [0.717, 1.165) is 96.3 Å². The van der Waals surface area contributed by atoms with E-state index in [1.807, 2.05) is 21.1 Å². The van der Waals surface area contributed by atoms with Gasteiger partial charge in [-0.15, -0.1) is 0 Å². The minimum atomic E-state index is -4.40. The van der Waals surface area contributed by atoms with Crippen molar-refractivity contribution in [2.24, 2.45) is 0 Å². The van der Waals surface area contributed by atoms with Crippen LogP contribution in [0.5, 0.6) is 0 Å². The van der Waals surface area contributed by atoms with Crippen LogP contribution in [-0.2, 0) is 32.7 Å². The van der Waals surface area contributed by atoms with E-state index in [4.69, 9.17) is 18.5 Å². The topological polar surface area (TPSA) is 108 Å². The van der Waals surface area contributed by atoms with E-state index in [9.17, 15) is 19.0 Å². The predicted octanol–water partition coefficient (Wildman–Crippen LogP) is 30.1. The molecule has 0 aromatic carbocycles. The number of allylic oxidation sites excluding steroid dienone is 20. The summed E-state index contributed by atoms with van der Waals surface area (Å²) in [6.07, 6.45) is 121. The lowest BCUT2D eigenvalue weighted by molar-refractivity contribution is -0.870. The van der Waals surface area contributed by atoms with Gasteiger partial charge in [0.15, 0.2) is 6.10 Å². The fourth-order valence-electron chi connectivity index (χ4n) is 12.8. The van der Waals surface area contributed by atoms with Gasteiger partial charge in [-0.1, -0.05) is 418 Å². The minimum Gasteiger partial charge on any atom is -0.462 e. The van der Waals surface area contributed by atoms with Gasteiger partial charge < -0.3 is 18.9 Å². The summed E-state index contributed by atoms with van der Waals surface area (Å²) >= 11 is 0. The molecule has 10 heteroatoms. The zero-order valence-corrected chi connectivity index (χ0v) is 69.9. The molecule has 0 rings (SSSR count). The smallest absolute Gasteiger partial charge is 0.462 e. The molecule has 0 fully saturated rings. The second kappa shape index (κ2) is 83.4. The van der Waals surface area contributed by atoms with Gasteiger partial charge in [-0.25, -0.2) is 4.57 Å². The summed E-state index contributed by atoms with van der Waals surface area (Å²) in [6.45, 7) is 4.26. The first kappa shape index (κ1) is 100. The van der Waals surface area contributed by atoms with Crippen LogP contribution in [0.4, 0.5) is 0 Å². The molecule has 0 aliphatic rings. The first-order valence-electron chi connectivity index (χ1n) is 44.3. The molecule has 0 spiro atoms. The molecule has 0 aliphatic carbocycles. The van der Waals surface area contributed by atoms with Gasteiger partial charge in [0.1, 0.15) is 19.8 Å². The van der Waals surface area contributed by atoms with Crippen LogP contribution in [0, 0.1) is 0 Å². The number of unbranched alkanes of at least 4 members (excludes halogenated alkanes) is 48. The molecule has 1 N–H and O–H groups in total. The fourth-order valence-corrected chi connectivity index (χ4v) is 13.6. The average molecular weight is 1470 g/mol. The van der Waals surface area contributed by atoms with Crippen molar-refractivity contribution in [2.75, 3.05) is 47.5 Å². The number of carbonyl (C=O) groups excluding carboxylic acids is 2. The summed E-state index contributed by atoms with van der Waals surface area (Å²) in [5.41, 5.74) is 0. The first-order chi connectivity index (χ1) is 51.0. The van der Waals surface area contributed by atoms with Crippen molar-refractivity contribution in [1.29, 1.82) is 0 Å². The number of rotatable bonds is 82. The van der Waals surface area contributed by atoms with E-state index < -0.39 is 26.5 Å². The molecular weight excluding hydrogens is 1300 g/mol. The van der Waals surface area contributed by atoms with Crippen LogP contribution in [0.25, 0.3) is 0 Å². The second-order valence-corrected chi connectivity index (χ2v) is 32.3. The molecule has 104 heavy (non-hydrogen) atoms. The van der Waals surface area contributed by atoms with Gasteiger partial charge >= 0.3 is 19.8 Å². The van der Waals surface area contributed by atoms with Crippen LogP contribution in [0.3, 0.4) is 0 Å². The highest BCUT2D eigenvalue weighted by Crippen LogP contribution is 2.43. The van der Waals surface area contributed by atoms with Gasteiger partial charge in [-0.3, -0.25) is 18.6 Å². The Hall–Kier alpha value is -3.59. The minimum absolute atomic E-state index is 0.0318. The van der Waals surface area contributed by atoms with E-state index in [0.29, 0.717) is 23.9 Å². The quantitative estimate of drug-likeness (QED) is 0.0211. The van der Waals surface area contributed by atoms with Crippen LogP contribution in [0.2, 0.25) is 0 Å². The molecule has 0 aliphatic heterocycles. The third-order valence-corrected chi connectivity index (χ3v) is 20.5. The molecule has 2 unspecified atom stereocenters. The number of phosphoric ester groups is 1. The molecule has 0 aromatic heterocycles. The molecule has 0 aromatic rings. The predicted molar refractivity (Wildman–Crippen MR) is 454 cm³/mol. The lowest BCUT2D eigenvalue weighted by Gasteiger charge is -2.24. The molecule has 0 bridgehead atoms. The van der Waals surface area contributed by atoms with Crippen LogP contribution in [-0.4, -0.2) is 74.9 Å². The van der Waals surface area contributed by atoms with Gasteiger partial charge in [-0.05, 0) is 103 Å². The van der Waals surface area contributed by atoms with Crippen LogP contribution in [0.1, 0.15) is 412 Å². The molecule has 0 radical (unpaired) electrons. The summed E-state index contributed by atoms with van der Waals surface area (Å²) in [6, 6.07) is 0. The van der Waals surface area contributed by atoms with Crippen LogP contribution >= 0.6 is 7.82 Å². The van der Waals surface area contributed by atoms with Gasteiger partial charge in [0, 0.05) is 12.8 Å². The maximum atomic E-state index is 12.9. The SMILES string of the molecule is CC/C=C\C/C=C\C/C=C\C/C=C\C/C=C\C/C=C\CCCCCCCCCCCCCCCCCCCCCCC(=O)OC(COC(=O)CCCCCCCCCCCCCCCCCCCCCCCCCCCCCC/C=C\C/C=C\C/C=C\C/C=C\CC)COP(=O)(O)OCC[N+](C)(C)C. The normalized spacial score (nSPS) is 13.6. The first-order valence-corrected chi connectivity index (χ1v) is 45.8. The lowest BCUT2D eigenvalue weighted by Crippen LogP contribution is -2.37. The van der Waals surface area contributed by atoms with E-state index in [1.54, 1.807) is 0 Å². The highest BCUT2D eigenvalue weighted by molar-refractivity contribution is 7.47. The number of esters is 2. The molecule has 9 nitrogen and oxygen atoms in total. The molecule has 0 saturated heterocycles. The van der Waals surface area contributed by atoms with Crippen molar-refractivity contribution >= 4 is 19.8 Å². The summed E-state index contributed by atoms with van der Waals surface area (Å²) < 4.78 is 34.9. The number of ether oxygens (including phenoxy) is 2. The number of hydrogen-bond acceptors (Lipinski definition) is 7. The van der Waals surface area contributed by atoms with Crippen molar-refractivity contribution < 1.29 is 42.1 Å². The molecular formula is C94H169NO8P+. The number of quaternary nitrogens is 1. The summed E-state index contributed by atoms with van der Waals surface area (Å²) in [5.74, 6) is -0.777. The Balaban J connectivity index is 3.87. The van der Waals surface area contributed by atoms with Gasteiger partial charge in [0.05, 0.1) is 27.7 Å². The number of phosphoric acid groups is 1. The number of likely N-dealkylation sites (N-methyl/N-ethyl adjacent to an activating group) is 1. The van der Waals surface area contributed by atoms with Crippen molar-refractivity contribution in [3.8, 4) is 0 Å². The fraction of sp³-hybridized carbons (Fsp3) is 0.766. The molecule has 602 valence electrons. The van der Waals surface area contributed by atoms with Crippen molar-refractivity contribution in [3.63, 3.8) is 0 Å². The molecule has 0 saturated carbocycles. The molecule has 2 atom stereocenters. The maximum Gasteiger partial charge on any atom is 0.472 e. The highest BCUT2D eigenvalue weighted by Gasteiger charge is 2.27. The standard InChI is InChI=1S/C94H168NO8P/c1-6-8-10-12-14-16-18-20-22-24-26-28-30-32-34-36-38-40-42-44-46-47-49-50-52-54-56-58-60-62-64-66-68-70-72-74-76-78-80-82-84-86-93(96)100-90-92(91-102-104(98,99)101-89-88-95(3,4)5)103-94(97)87-85-83-81-79-77-75-73-71-69-67-65-63-61-59-57-55-53-51-48-45-43-41-39-37-35-33-31-29-27-25-23-21-19-17-15-13-11-9-7-2/h8-11,14-17,20-23,26-29,33,35,39,41,92H,6-7,12-13,18-19,24-25,30-32,34,36-38,40,42-91H2,1-5H3/p+1/b10-8-,11-9-,16-14-,17-15-,22-20-,23-21-,28-26-,29-27-,35-33-,41-39-. The number of carbonyl (C=O) groups is 2. The zero-order chi connectivity index (χ0) is 75.4.